The van der Waals surface area contributed by atoms with Crippen molar-refractivity contribution in [2.24, 2.45) is 35.0 Å². The second kappa shape index (κ2) is 16.7. The van der Waals surface area contributed by atoms with Crippen LogP contribution in [0.4, 0.5) is 4.79 Å². The van der Waals surface area contributed by atoms with Gasteiger partial charge in [-0.2, -0.15) is 11.8 Å². The summed E-state index contributed by atoms with van der Waals surface area (Å²) in [7, 11) is 0. The highest BCUT2D eigenvalue weighted by molar-refractivity contribution is 8.00. The Hall–Kier alpha value is -2.37. The largest absolute Gasteiger partial charge is 0.365 e. The number of carbonyl (C=O) groups excluding carboxylic acids is 4. The standard InChI is InChI=1S/C45H69N5O5S/c1-27-22-37-42(29(3)45(55-37)18-16-32-33-14-13-30-23-31(51)15-17-44(30,4)35(33)24-34(32)28(45)2)50(25-27)21-20-47-40(53)11-6-5-9-19-46-39(52)12-8-7-10-38-41-36(26-56-38)48-43(54)49-41/h23,27,29,32-33,35-38,41-42H,5-22,24-26H2,1-4H3,(H,46,52)(H,47,53)(H2,48,49,54)/t27-,29+,32-,33-,35-,36-,37+,38-,41-,42-,44-,45-/m0/s1. The van der Waals surface area contributed by atoms with E-state index in [1.807, 2.05) is 17.8 Å². The molecule has 56 heavy (non-hydrogen) atoms. The maximum Gasteiger partial charge on any atom is 0.315 e. The summed E-state index contributed by atoms with van der Waals surface area (Å²) in [5.41, 5.74) is 4.67. The minimum Gasteiger partial charge on any atom is -0.365 e. The lowest BCUT2D eigenvalue weighted by molar-refractivity contribution is -0.122. The molecule has 0 unspecified atom stereocenters. The summed E-state index contributed by atoms with van der Waals surface area (Å²) in [6, 6.07) is 0.805. The van der Waals surface area contributed by atoms with E-state index in [-0.39, 0.29) is 47.0 Å². The Morgan fingerprint density at radius 1 is 0.982 bits per heavy atom. The molecule has 0 radical (unpaired) electrons. The van der Waals surface area contributed by atoms with Crippen LogP contribution in [0.1, 0.15) is 130 Å². The van der Waals surface area contributed by atoms with Crippen LogP contribution in [-0.4, -0.2) is 95.5 Å². The summed E-state index contributed by atoms with van der Waals surface area (Å²) in [6.07, 6.45) is 17.6. The van der Waals surface area contributed by atoms with Gasteiger partial charge in [0.05, 0.1) is 23.8 Å². The van der Waals surface area contributed by atoms with Crippen molar-refractivity contribution in [1.82, 2.24) is 26.2 Å². The van der Waals surface area contributed by atoms with Crippen molar-refractivity contribution in [3.63, 3.8) is 0 Å². The Morgan fingerprint density at radius 2 is 1.77 bits per heavy atom. The third kappa shape index (κ3) is 7.76. The molecule has 4 amide bonds. The summed E-state index contributed by atoms with van der Waals surface area (Å²) in [4.78, 5) is 51.8. The van der Waals surface area contributed by atoms with Gasteiger partial charge in [-0.05, 0) is 118 Å². The van der Waals surface area contributed by atoms with Crippen LogP contribution in [0.15, 0.2) is 22.8 Å². The maximum absolute atomic E-state index is 12.9. The molecule has 310 valence electrons. The minimum absolute atomic E-state index is 0.0485. The number of thioether (sulfide) groups is 1. The summed E-state index contributed by atoms with van der Waals surface area (Å²) in [6.45, 7) is 12.9. The number of hydrogen-bond donors (Lipinski definition) is 4. The third-order valence-electron chi connectivity index (χ3n) is 16.2. The van der Waals surface area contributed by atoms with Crippen molar-refractivity contribution in [2.45, 2.75) is 166 Å². The van der Waals surface area contributed by atoms with Gasteiger partial charge >= 0.3 is 6.03 Å². The molecule has 0 bridgehead atoms. The first kappa shape index (κ1) is 40.4. The number of likely N-dealkylation sites (tertiary alicyclic amines) is 1. The highest BCUT2D eigenvalue weighted by Gasteiger charge is 2.61. The number of nitrogens with zero attached hydrogens (tertiary/aromatic N) is 1. The van der Waals surface area contributed by atoms with E-state index in [0.29, 0.717) is 73.1 Å². The van der Waals surface area contributed by atoms with Gasteiger partial charge in [0.15, 0.2) is 5.78 Å². The average molecular weight is 792 g/mol. The molecule has 1 spiro atoms. The van der Waals surface area contributed by atoms with Crippen molar-refractivity contribution in [3.8, 4) is 0 Å². The zero-order valence-corrected chi connectivity index (χ0v) is 35.4. The molecule has 6 fully saturated rings. The van der Waals surface area contributed by atoms with Gasteiger partial charge in [0.2, 0.25) is 11.8 Å². The van der Waals surface area contributed by atoms with E-state index in [1.54, 1.807) is 11.1 Å². The van der Waals surface area contributed by atoms with Crippen molar-refractivity contribution < 1.29 is 23.9 Å². The van der Waals surface area contributed by atoms with E-state index in [9.17, 15) is 19.2 Å². The molecule has 4 N–H and O–H groups in total. The number of rotatable bonds is 14. The molecule has 4 aliphatic carbocycles. The molecule has 8 aliphatic rings. The van der Waals surface area contributed by atoms with Gasteiger partial charge in [-0.3, -0.25) is 19.3 Å². The number of piperidine rings is 1. The van der Waals surface area contributed by atoms with Crippen LogP contribution in [0.25, 0.3) is 0 Å². The normalized spacial score (nSPS) is 40.0. The lowest BCUT2D eigenvalue weighted by Gasteiger charge is -2.48. The number of urea groups is 1. The fraction of sp³-hybridized carbons (Fsp3) is 0.822. The minimum atomic E-state index is -0.186. The molecule has 0 aromatic carbocycles. The molecular weight excluding hydrogens is 723 g/mol. The number of unbranched alkanes of at least 4 members (excludes halogenated alkanes) is 3. The van der Waals surface area contributed by atoms with E-state index in [1.165, 1.54) is 24.8 Å². The van der Waals surface area contributed by atoms with Gasteiger partial charge in [-0.1, -0.05) is 44.8 Å². The Bertz CT molecular complexity index is 1600. The van der Waals surface area contributed by atoms with Crippen molar-refractivity contribution in [1.29, 1.82) is 0 Å². The predicted molar refractivity (Wildman–Crippen MR) is 221 cm³/mol. The Labute approximate surface area is 339 Å². The number of ether oxygens (including phenoxy) is 1. The van der Waals surface area contributed by atoms with Gasteiger partial charge in [0.25, 0.3) is 0 Å². The molecule has 12 atom stereocenters. The first-order valence-electron chi connectivity index (χ1n) is 22.5. The number of fused-ring (bicyclic) bond motifs is 7. The van der Waals surface area contributed by atoms with E-state index in [2.05, 4.69) is 53.9 Å². The van der Waals surface area contributed by atoms with Crippen LogP contribution in [0.5, 0.6) is 0 Å². The maximum atomic E-state index is 12.9. The second-order valence-corrected chi connectivity index (χ2v) is 20.7. The van der Waals surface area contributed by atoms with Crippen LogP contribution in [0.3, 0.4) is 0 Å². The lowest BCUT2D eigenvalue weighted by atomic mass is 9.56. The summed E-state index contributed by atoms with van der Waals surface area (Å²) in [5, 5.41) is 12.7. The zero-order chi connectivity index (χ0) is 39.2. The van der Waals surface area contributed by atoms with Crippen LogP contribution >= 0.6 is 11.8 Å². The van der Waals surface area contributed by atoms with Crippen LogP contribution < -0.4 is 21.3 Å². The molecular formula is C45H69N5O5S. The summed E-state index contributed by atoms with van der Waals surface area (Å²) in [5.74, 6) is 4.58. The van der Waals surface area contributed by atoms with Gasteiger partial charge in [-0.25, -0.2) is 4.79 Å². The number of nitrogens with one attached hydrogen (secondary N) is 4. The van der Waals surface area contributed by atoms with Crippen LogP contribution in [-0.2, 0) is 19.1 Å². The molecule has 0 aromatic heterocycles. The summed E-state index contributed by atoms with van der Waals surface area (Å²) >= 11 is 1.92. The SMILES string of the molecule is CC1=C2C[C@H]3[C@@H](CCC4=CC(=O)CC[C@@]43C)[C@@H]2CC[C@]12O[C@@H]1C[C@H](C)CN(CCNC(=O)CCCCCNC(=O)CCCC[C@@H]3SC[C@@H]4NC(=O)N[C@@H]43)[C@H]1[C@H]2C. The number of carbonyl (C=O) groups is 4. The summed E-state index contributed by atoms with van der Waals surface area (Å²) < 4.78 is 7.33. The first-order valence-corrected chi connectivity index (χ1v) is 23.6. The molecule has 4 saturated heterocycles. The third-order valence-corrected chi connectivity index (χ3v) is 17.7. The Morgan fingerprint density at radius 3 is 2.59 bits per heavy atom. The number of ketones is 1. The van der Waals surface area contributed by atoms with Crippen molar-refractivity contribution >= 4 is 35.4 Å². The van der Waals surface area contributed by atoms with Gasteiger partial charge in [0, 0.05) is 68.4 Å². The Balaban J connectivity index is 0.748. The van der Waals surface area contributed by atoms with E-state index in [4.69, 9.17) is 4.74 Å². The number of hydrogen-bond acceptors (Lipinski definition) is 7. The van der Waals surface area contributed by atoms with Crippen LogP contribution in [0.2, 0.25) is 0 Å². The van der Waals surface area contributed by atoms with E-state index < -0.39 is 0 Å². The molecule has 11 heteroatoms. The highest BCUT2D eigenvalue weighted by atomic mass is 32.2. The predicted octanol–water partition coefficient (Wildman–Crippen LogP) is 6.44. The first-order chi connectivity index (χ1) is 27.0. The van der Waals surface area contributed by atoms with Gasteiger partial charge < -0.3 is 26.0 Å². The zero-order valence-electron chi connectivity index (χ0n) is 34.6. The van der Waals surface area contributed by atoms with E-state index >= 15 is 0 Å². The van der Waals surface area contributed by atoms with Crippen molar-refractivity contribution in [3.05, 3.63) is 22.8 Å². The topological polar surface area (TPSA) is 129 Å². The number of amides is 4. The van der Waals surface area contributed by atoms with Gasteiger partial charge in [0.1, 0.15) is 0 Å². The molecule has 8 rings (SSSR count). The average Bonchev–Trinajstić information content (AvgIpc) is 3.91. The lowest BCUT2D eigenvalue weighted by Crippen LogP contribution is -2.54. The molecule has 4 aliphatic heterocycles. The molecule has 4 heterocycles. The second-order valence-electron chi connectivity index (χ2n) is 19.4. The number of allylic oxidation sites excluding steroid dienone is 3. The molecule has 10 nitrogen and oxygen atoms in total. The van der Waals surface area contributed by atoms with E-state index in [0.717, 1.165) is 89.0 Å². The monoisotopic (exact) mass is 792 g/mol. The Kier molecular flexibility index (Phi) is 12.1. The smallest absolute Gasteiger partial charge is 0.315 e. The highest BCUT2D eigenvalue weighted by Crippen LogP contribution is 2.65. The van der Waals surface area contributed by atoms with Gasteiger partial charge in [-0.15, -0.1) is 0 Å². The van der Waals surface area contributed by atoms with Crippen molar-refractivity contribution in [2.75, 3.05) is 31.9 Å². The fourth-order valence-electron chi connectivity index (χ4n) is 13.2. The van der Waals surface area contributed by atoms with Crippen LogP contribution in [0, 0.1) is 35.0 Å². The molecule has 0 aromatic rings. The molecule has 2 saturated carbocycles. The quantitative estimate of drug-likeness (QED) is 0.0906. The fourth-order valence-corrected chi connectivity index (χ4v) is 14.8.